The van der Waals surface area contributed by atoms with Crippen LogP contribution in [0.4, 0.5) is 0 Å². The molecule has 3 fully saturated rings. The summed E-state index contributed by atoms with van der Waals surface area (Å²) in [5, 5.41) is 0. The van der Waals surface area contributed by atoms with E-state index in [1.807, 2.05) is 9.80 Å². The van der Waals surface area contributed by atoms with Crippen molar-refractivity contribution in [2.24, 2.45) is 11.8 Å². The molecule has 1 saturated carbocycles. The lowest BCUT2D eigenvalue weighted by Crippen LogP contribution is -2.45. The van der Waals surface area contributed by atoms with Gasteiger partial charge >= 0.3 is 0 Å². The Balaban J connectivity index is 1.69. The van der Waals surface area contributed by atoms with Crippen molar-refractivity contribution in [3.05, 3.63) is 0 Å². The molecule has 2 aliphatic heterocycles. The summed E-state index contributed by atoms with van der Waals surface area (Å²) in [6, 6.07) is -0.149. The third-order valence-electron chi connectivity index (χ3n) is 5.51. The second-order valence-corrected chi connectivity index (χ2v) is 6.80. The lowest BCUT2D eigenvalue weighted by molar-refractivity contribution is -0.139. The summed E-state index contributed by atoms with van der Waals surface area (Å²) in [6.45, 7) is 4.60. The van der Waals surface area contributed by atoms with E-state index >= 15 is 0 Å². The van der Waals surface area contributed by atoms with Crippen molar-refractivity contribution < 1.29 is 9.59 Å². The van der Waals surface area contributed by atoms with Crippen LogP contribution in [-0.2, 0) is 9.59 Å². The minimum atomic E-state index is -0.149. The number of carbonyl (C=O) groups excluding carboxylic acids is 2. The molecule has 112 valence electrons. The molecule has 1 aliphatic carbocycles. The molecule has 0 bridgehead atoms. The van der Waals surface area contributed by atoms with Crippen LogP contribution in [0, 0.1) is 11.8 Å². The molecule has 0 radical (unpaired) electrons. The van der Waals surface area contributed by atoms with Gasteiger partial charge in [-0.25, -0.2) is 0 Å². The highest BCUT2D eigenvalue weighted by Crippen LogP contribution is 2.31. The van der Waals surface area contributed by atoms with Crippen LogP contribution in [-0.4, -0.2) is 47.3 Å². The first-order valence-corrected chi connectivity index (χ1v) is 8.25. The number of rotatable bonds is 2. The molecular weight excluding hydrogens is 252 g/mol. The monoisotopic (exact) mass is 278 g/mol. The molecule has 2 saturated heterocycles. The second kappa shape index (κ2) is 5.74. The minimum Gasteiger partial charge on any atom is -0.340 e. The molecule has 3 aliphatic rings. The predicted octanol–water partition coefficient (Wildman–Crippen LogP) is 2.04. The Morgan fingerprint density at radius 1 is 1.05 bits per heavy atom. The third kappa shape index (κ3) is 2.57. The fraction of sp³-hybridized carbons (Fsp3) is 0.875. The van der Waals surface area contributed by atoms with Crippen LogP contribution in [0.5, 0.6) is 0 Å². The Morgan fingerprint density at radius 3 is 2.65 bits per heavy atom. The number of carbonyl (C=O) groups is 2. The van der Waals surface area contributed by atoms with Crippen LogP contribution in [0.2, 0.25) is 0 Å². The normalized spacial score (nSPS) is 35.1. The molecule has 0 spiro atoms. The molecule has 2 heterocycles. The molecule has 0 aromatic heterocycles. The lowest BCUT2D eigenvalue weighted by atomic mass is 9.80. The highest BCUT2D eigenvalue weighted by Gasteiger charge is 2.40. The van der Waals surface area contributed by atoms with E-state index in [4.69, 9.17) is 0 Å². The van der Waals surface area contributed by atoms with Gasteiger partial charge in [-0.3, -0.25) is 9.59 Å². The Hall–Kier alpha value is -1.06. The van der Waals surface area contributed by atoms with Crippen molar-refractivity contribution in [3.63, 3.8) is 0 Å². The van der Waals surface area contributed by atoms with Gasteiger partial charge in [0.05, 0.1) is 0 Å². The Morgan fingerprint density at radius 2 is 1.85 bits per heavy atom. The van der Waals surface area contributed by atoms with E-state index in [-0.39, 0.29) is 17.9 Å². The smallest absolute Gasteiger partial charge is 0.245 e. The fourth-order valence-electron chi connectivity index (χ4n) is 4.15. The quantitative estimate of drug-likeness (QED) is 0.775. The van der Waals surface area contributed by atoms with E-state index in [0.29, 0.717) is 18.9 Å². The van der Waals surface area contributed by atoms with Crippen molar-refractivity contribution in [2.45, 2.75) is 57.9 Å². The van der Waals surface area contributed by atoms with Crippen LogP contribution in [0.15, 0.2) is 0 Å². The summed E-state index contributed by atoms with van der Waals surface area (Å²) in [6.07, 6.45) is 7.53. The van der Waals surface area contributed by atoms with Crippen molar-refractivity contribution in [2.75, 3.05) is 19.6 Å². The average Bonchev–Trinajstić information content (AvgIpc) is 2.90. The van der Waals surface area contributed by atoms with E-state index in [1.165, 1.54) is 25.7 Å². The molecule has 0 N–H and O–H groups in total. The van der Waals surface area contributed by atoms with Gasteiger partial charge in [0.1, 0.15) is 6.04 Å². The summed E-state index contributed by atoms with van der Waals surface area (Å²) < 4.78 is 0. The topological polar surface area (TPSA) is 40.6 Å². The largest absolute Gasteiger partial charge is 0.340 e. The zero-order valence-corrected chi connectivity index (χ0v) is 12.5. The molecular formula is C16H26N2O2. The fourth-order valence-corrected chi connectivity index (χ4v) is 4.15. The number of hydrogen-bond acceptors (Lipinski definition) is 2. The van der Waals surface area contributed by atoms with Gasteiger partial charge < -0.3 is 9.80 Å². The molecule has 3 unspecified atom stereocenters. The highest BCUT2D eigenvalue weighted by atomic mass is 16.2. The van der Waals surface area contributed by atoms with Gasteiger partial charge in [0, 0.05) is 26.1 Å². The van der Waals surface area contributed by atoms with Crippen LogP contribution >= 0.6 is 0 Å². The lowest BCUT2D eigenvalue weighted by Gasteiger charge is -2.34. The van der Waals surface area contributed by atoms with Crippen molar-refractivity contribution in [1.29, 1.82) is 0 Å². The SMILES string of the molecule is CC1CCCCC1CN1CCC(=O)N2CCCC2C1=O. The first-order valence-electron chi connectivity index (χ1n) is 8.25. The van der Waals surface area contributed by atoms with Crippen LogP contribution in [0.3, 0.4) is 0 Å². The molecule has 2 amide bonds. The van der Waals surface area contributed by atoms with Gasteiger partial charge in [-0.05, 0) is 31.1 Å². The van der Waals surface area contributed by atoms with Gasteiger partial charge in [-0.15, -0.1) is 0 Å². The maximum Gasteiger partial charge on any atom is 0.245 e. The van der Waals surface area contributed by atoms with Crippen LogP contribution in [0.25, 0.3) is 0 Å². The Kier molecular flexibility index (Phi) is 3.99. The number of amides is 2. The zero-order valence-electron chi connectivity index (χ0n) is 12.5. The van der Waals surface area contributed by atoms with E-state index in [9.17, 15) is 9.59 Å². The number of fused-ring (bicyclic) bond motifs is 1. The molecule has 0 aromatic rings. The highest BCUT2D eigenvalue weighted by molar-refractivity contribution is 5.90. The Bertz CT molecular complexity index is 396. The Labute approximate surface area is 121 Å². The summed E-state index contributed by atoms with van der Waals surface area (Å²) in [7, 11) is 0. The number of hydrogen-bond donors (Lipinski definition) is 0. The average molecular weight is 278 g/mol. The molecule has 4 heteroatoms. The minimum absolute atomic E-state index is 0.149. The standard InChI is InChI=1S/C16H26N2O2/c1-12-5-2-3-6-13(12)11-17-10-8-15(19)18-9-4-7-14(18)16(17)20/h12-14H,2-11H2,1H3. The summed E-state index contributed by atoms with van der Waals surface area (Å²) in [5.74, 6) is 1.75. The van der Waals surface area contributed by atoms with E-state index in [0.717, 1.165) is 31.8 Å². The predicted molar refractivity (Wildman–Crippen MR) is 77.1 cm³/mol. The molecule has 3 rings (SSSR count). The first-order chi connectivity index (χ1) is 9.66. The van der Waals surface area contributed by atoms with E-state index in [1.54, 1.807) is 0 Å². The van der Waals surface area contributed by atoms with Gasteiger partial charge in [0.2, 0.25) is 11.8 Å². The molecule has 20 heavy (non-hydrogen) atoms. The van der Waals surface area contributed by atoms with Gasteiger partial charge in [-0.2, -0.15) is 0 Å². The van der Waals surface area contributed by atoms with Gasteiger partial charge in [0.15, 0.2) is 0 Å². The first kappa shape index (κ1) is 13.9. The van der Waals surface area contributed by atoms with Crippen molar-refractivity contribution >= 4 is 11.8 Å². The van der Waals surface area contributed by atoms with Crippen LogP contribution in [0.1, 0.15) is 51.9 Å². The van der Waals surface area contributed by atoms with Gasteiger partial charge in [0.25, 0.3) is 0 Å². The molecule has 0 aromatic carbocycles. The summed E-state index contributed by atoms with van der Waals surface area (Å²) >= 11 is 0. The zero-order chi connectivity index (χ0) is 14.1. The van der Waals surface area contributed by atoms with Crippen molar-refractivity contribution in [3.8, 4) is 0 Å². The van der Waals surface area contributed by atoms with Crippen LogP contribution < -0.4 is 0 Å². The number of nitrogens with zero attached hydrogens (tertiary/aromatic N) is 2. The maximum absolute atomic E-state index is 12.7. The van der Waals surface area contributed by atoms with E-state index in [2.05, 4.69) is 6.92 Å². The third-order valence-corrected chi connectivity index (χ3v) is 5.51. The molecule has 4 nitrogen and oxygen atoms in total. The maximum atomic E-state index is 12.7. The second-order valence-electron chi connectivity index (χ2n) is 6.80. The van der Waals surface area contributed by atoms with Crippen molar-refractivity contribution in [1.82, 2.24) is 9.80 Å². The summed E-state index contributed by atoms with van der Waals surface area (Å²) in [5.41, 5.74) is 0. The van der Waals surface area contributed by atoms with E-state index < -0.39 is 0 Å². The summed E-state index contributed by atoms with van der Waals surface area (Å²) in [4.78, 5) is 28.6. The van der Waals surface area contributed by atoms with Gasteiger partial charge in [-0.1, -0.05) is 26.2 Å². The molecule has 3 atom stereocenters.